The van der Waals surface area contributed by atoms with E-state index in [-0.39, 0.29) is 5.91 Å². The summed E-state index contributed by atoms with van der Waals surface area (Å²) in [6.45, 7) is 9.85. The highest BCUT2D eigenvalue weighted by atomic mass is 16.2. The molecule has 1 aliphatic carbocycles. The zero-order chi connectivity index (χ0) is 20.0. The van der Waals surface area contributed by atoms with Crippen molar-refractivity contribution in [2.24, 2.45) is 13.0 Å². The zero-order valence-electron chi connectivity index (χ0n) is 17.3. The van der Waals surface area contributed by atoms with Crippen molar-refractivity contribution in [3.05, 3.63) is 41.1 Å². The Bertz CT molecular complexity index is 1030. The number of amides is 1. The van der Waals surface area contributed by atoms with Crippen LogP contribution < -0.4 is 0 Å². The smallest absolute Gasteiger partial charge is 0.256 e. The minimum Gasteiger partial charge on any atom is -0.331 e. The summed E-state index contributed by atoms with van der Waals surface area (Å²) in [5.74, 6) is 0.537. The van der Waals surface area contributed by atoms with Gasteiger partial charge in [-0.2, -0.15) is 5.10 Å². The molecule has 28 heavy (non-hydrogen) atoms. The number of nitrogens with zero attached hydrogens (tertiary/aromatic N) is 6. The summed E-state index contributed by atoms with van der Waals surface area (Å²) in [4.78, 5) is 24.3. The van der Waals surface area contributed by atoms with Crippen LogP contribution in [-0.4, -0.2) is 41.2 Å². The van der Waals surface area contributed by atoms with Gasteiger partial charge in [0.25, 0.3) is 5.91 Å². The lowest BCUT2D eigenvalue weighted by atomic mass is 10.1. The van der Waals surface area contributed by atoms with Crippen molar-refractivity contribution in [2.45, 2.75) is 59.7 Å². The molecule has 7 heteroatoms. The van der Waals surface area contributed by atoms with Crippen molar-refractivity contribution in [1.82, 2.24) is 29.2 Å². The van der Waals surface area contributed by atoms with E-state index in [0.717, 1.165) is 47.5 Å². The van der Waals surface area contributed by atoms with E-state index in [1.54, 1.807) is 6.20 Å². The summed E-state index contributed by atoms with van der Waals surface area (Å²) in [5, 5.41) is 4.50. The van der Waals surface area contributed by atoms with E-state index in [9.17, 15) is 4.79 Å². The van der Waals surface area contributed by atoms with E-state index in [1.807, 2.05) is 35.9 Å². The van der Waals surface area contributed by atoms with Crippen molar-refractivity contribution in [1.29, 1.82) is 0 Å². The highest BCUT2D eigenvalue weighted by molar-refractivity contribution is 5.96. The lowest BCUT2D eigenvalue weighted by Gasteiger charge is -2.23. The van der Waals surface area contributed by atoms with Crippen LogP contribution in [-0.2, 0) is 20.1 Å². The van der Waals surface area contributed by atoms with Crippen molar-refractivity contribution in [2.75, 3.05) is 0 Å². The van der Waals surface area contributed by atoms with E-state index in [1.165, 1.54) is 0 Å². The number of carbonyl (C=O) groups is 1. The monoisotopic (exact) mass is 380 g/mol. The molecule has 0 aromatic carbocycles. The van der Waals surface area contributed by atoms with Crippen LogP contribution in [0.4, 0.5) is 0 Å². The molecular weight excluding hydrogens is 352 g/mol. The summed E-state index contributed by atoms with van der Waals surface area (Å²) in [5.41, 5.74) is 5.45. The third-order valence-electron chi connectivity index (χ3n) is 5.50. The average molecular weight is 380 g/mol. The number of aryl methyl sites for hydroxylation is 2. The van der Waals surface area contributed by atoms with Gasteiger partial charge in [-0.1, -0.05) is 13.8 Å². The van der Waals surface area contributed by atoms with Crippen LogP contribution in [0.15, 0.2) is 18.6 Å². The van der Waals surface area contributed by atoms with Gasteiger partial charge in [0.1, 0.15) is 5.52 Å². The van der Waals surface area contributed by atoms with Gasteiger partial charge in [-0.25, -0.2) is 9.97 Å². The minimum atomic E-state index is 0.0259. The van der Waals surface area contributed by atoms with E-state index < -0.39 is 0 Å². The Hall–Kier alpha value is -2.70. The molecule has 4 rings (SSSR count). The lowest BCUT2D eigenvalue weighted by molar-refractivity contribution is 0.0729. The van der Waals surface area contributed by atoms with Crippen LogP contribution in [0.25, 0.3) is 11.2 Å². The highest BCUT2D eigenvalue weighted by Crippen LogP contribution is 2.31. The molecule has 1 amide bonds. The fourth-order valence-corrected chi connectivity index (χ4v) is 3.73. The second-order valence-corrected chi connectivity index (χ2v) is 8.29. The fraction of sp³-hybridized carbons (Fsp3) is 0.524. The van der Waals surface area contributed by atoms with Gasteiger partial charge >= 0.3 is 0 Å². The van der Waals surface area contributed by atoms with Gasteiger partial charge in [0.2, 0.25) is 0 Å². The number of aromatic nitrogens is 5. The molecule has 3 aromatic heterocycles. The van der Waals surface area contributed by atoms with E-state index in [0.29, 0.717) is 24.1 Å². The largest absolute Gasteiger partial charge is 0.331 e. The van der Waals surface area contributed by atoms with Gasteiger partial charge < -0.3 is 9.47 Å². The van der Waals surface area contributed by atoms with Crippen LogP contribution in [0.3, 0.4) is 0 Å². The van der Waals surface area contributed by atoms with E-state index in [2.05, 4.69) is 40.4 Å². The zero-order valence-corrected chi connectivity index (χ0v) is 17.3. The van der Waals surface area contributed by atoms with Crippen LogP contribution >= 0.6 is 0 Å². The maximum Gasteiger partial charge on any atom is 0.256 e. The first-order chi connectivity index (χ1) is 13.3. The van der Waals surface area contributed by atoms with Crippen LogP contribution in [0.2, 0.25) is 0 Å². The standard InChI is InChI=1S/C21H28N6O/c1-13(2)10-26-12-23-19-8-16(9-22-20(19)26)21(28)27(17-6-7-17)11-18-14(3)24-25(5)15(18)4/h8-9,12-13,17H,6-7,10-11H2,1-5H3. The Morgan fingerprint density at radius 2 is 2.04 bits per heavy atom. The number of hydrogen-bond acceptors (Lipinski definition) is 4. The molecule has 3 aromatic rings. The second kappa shape index (κ2) is 7.04. The van der Waals surface area contributed by atoms with Gasteiger partial charge in [-0.05, 0) is 38.7 Å². The highest BCUT2D eigenvalue weighted by Gasteiger charge is 2.34. The molecule has 1 aliphatic rings. The molecule has 3 heterocycles. The third kappa shape index (κ3) is 3.41. The van der Waals surface area contributed by atoms with Gasteiger partial charge in [0.05, 0.1) is 17.6 Å². The minimum absolute atomic E-state index is 0.0259. The van der Waals surface area contributed by atoms with Crippen LogP contribution in [0, 0.1) is 19.8 Å². The predicted molar refractivity (Wildman–Crippen MR) is 108 cm³/mol. The summed E-state index contributed by atoms with van der Waals surface area (Å²) in [6, 6.07) is 2.18. The molecule has 0 aliphatic heterocycles. The summed E-state index contributed by atoms with van der Waals surface area (Å²) < 4.78 is 3.93. The Morgan fingerprint density at radius 3 is 2.64 bits per heavy atom. The number of pyridine rings is 1. The SMILES string of the molecule is Cc1nn(C)c(C)c1CN(C(=O)c1cnc2c(c1)ncn2CC(C)C)C1CC1. The van der Waals surface area contributed by atoms with Crippen molar-refractivity contribution < 1.29 is 4.79 Å². The quantitative estimate of drug-likeness (QED) is 0.658. The molecule has 0 unspecified atom stereocenters. The van der Waals surface area contributed by atoms with Crippen molar-refractivity contribution in [3.63, 3.8) is 0 Å². The first-order valence-electron chi connectivity index (χ1n) is 9.96. The predicted octanol–water partition coefficient (Wildman–Crippen LogP) is 3.24. The molecule has 148 valence electrons. The lowest BCUT2D eigenvalue weighted by Crippen LogP contribution is -2.33. The number of fused-ring (bicyclic) bond motifs is 1. The van der Waals surface area contributed by atoms with Crippen molar-refractivity contribution >= 4 is 17.1 Å². The van der Waals surface area contributed by atoms with Crippen LogP contribution in [0.1, 0.15) is 54.0 Å². The molecule has 1 fully saturated rings. The van der Waals surface area contributed by atoms with Gasteiger partial charge in [0, 0.05) is 43.6 Å². The fourth-order valence-electron chi connectivity index (χ4n) is 3.73. The second-order valence-electron chi connectivity index (χ2n) is 8.29. The Labute approximate surface area is 165 Å². The Morgan fingerprint density at radius 1 is 1.29 bits per heavy atom. The topological polar surface area (TPSA) is 68.8 Å². The van der Waals surface area contributed by atoms with Crippen molar-refractivity contribution in [3.8, 4) is 0 Å². The van der Waals surface area contributed by atoms with Crippen LogP contribution in [0.5, 0.6) is 0 Å². The molecule has 0 saturated heterocycles. The van der Waals surface area contributed by atoms with E-state index in [4.69, 9.17) is 0 Å². The molecular formula is C21H28N6O. The normalized spacial score (nSPS) is 14.2. The first-order valence-corrected chi connectivity index (χ1v) is 9.96. The number of carbonyl (C=O) groups excluding carboxylic acids is 1. The molecule has 7 nitrogen and oxygen atoms in total. The Balaban J connectivity index is 1.62. The summed E-state index contributed by atoms with van der Waals surface area (Å²) in [7, 11) is 1.94. The maximum absolute atomic E-state index is 13.3. The summed E-state index contributed by atoms with van der Waals surface area (Å²) >= 11 is 0. The molecule has 0 bridgehead atoms. The number of imidazole rings is 1. The van der Waals surface area contributed by atoms with E-state index >= 15 is 0 Å². The first kappa shape index (κ1) is 18.7. The molecule has 1 saturated carbocycles. The van der Waals surface area contributed by atoms with Gasteiger partial charge in [-0.3, -0.25) is 9.48 Å². The van der Waals surface area contributed by atoms with Gasteiger partial charge in [-0.15, -0.1) is 0 Å². The average Bonchev–Trinajstić information content (AvgIpc) is 3.37. The Kier molecular flexibility index (Phi) is 4.69. The molecule has 0 radical (unpaired) electrons. The molecule has 0 N–H and O–H groups in total. The number of hydrogen-bond donors (Lipinski definition) is 0. The molecule has 0 atom stereocenters. The third-order valence-corrected chi connectivity index (χ3v) is 5.50. The number of rotatable bonds is 6. The summed E-state index contributed by atoms with van der Waals surface area (Å²) in [6.07, 6.45) is 5.63. The molecule has 0 spiro atoms. The maximum atomic E-state index is 13.3. The van der Waals surface area contributed by atoms with Gasteiger partial charge in [0.15, 0.2) is 5.65 Å².